The van der Waals surface area contributed by atoms with Gasteiger partial charge < -0.3 is 5.43 Å². The maximum atomic E-state index is 12.0. The monoisotopic (exact) mass is 336 g/mol. The maximum Gasteiger partial charge on any atom is 0.270 e. The second-order valence-electron chi connectivity index (χ2n) is 5.71. The molecule has 0 saturated heterocycles. The van der Waals surface area contributed by atoms with Crippen molar-refractivity contribution < 1.29 is 9.59 Å². The molecule has 1 aliphatic carbocycles. The van der Waals surface area contributed by atoms with Crippen molar-refractivity contribution in [1.82, 2.24) is 10.9 Å². The van der Waals surface area contributed by atoms with E-state index in [0.717, 1.165) is 16.6 Å². The molecule has 0 unspecified atom stereocenters. The molecule has 5 heteroatoms. The Morgan fingerprint density at radius 2 is 1.95 bits per heavy atom. The normalized spacial score (nSPS) is 17.4. The van der Waals surface area contributed by atoms with Crippen LogP contribution in [0.2, 0.25) is 0 Å². The summed E-state index contributed by atoms with van der Waals surface area (Å²) in [6, 6.07) is 7.18. The first-order valence-corrected chi connectivity index (χ1v) is 7.21. The molecule has 0 bridgehead atoms. The zero-order valence-corrected chi connectivity index (χ0v) is 13.1. The zero-order chi connectivity index (χ0) is 14.8. The Kier molecular flexibility index (Phi) is 4.28. The Labute approximate surface area is 126 Å². The lowest BCUT2D eigenvalue weighted by Crippen LogP contribution is -2.39. The molecule has 0 fully saturated rings. The predicted molar refractivity (Wildman–Crippen MR) is 80.8 cm³/mol. The van der Waals surface area contributed by atoms with Crippen LogP contribution in [0.3, 0.4) is 0 Å². The number of rotatable bonds is 3. The maximum absolute atomic E-state index is 12.0. The molecule has 0 heterocycles. The van der Waals surface area contributed by atoms with Gasteiger partial charge in [-0.3, -0.25) is 15.0 Å². The molecule has 1 aliphatic rings. The second-order valence-corrected chi connectivity index (χ2v) is 6.57. The number of allylic oxidation sites excluding steroid dienone is 2. The summed E-state index contributed by atoms with van der Waals surface area (Å²) >= 11 is 3.33. The van der Waals surface area contributed by atoms with Gasteiger partial charge in [0.1, 0.15) is 0 Å². The van der Waals surface area contributed by atoms with Crippen LogP contribution in [0.5, 0.6) is 0 Å². The van der Waals surface area contributed by atoms with Gasteiger partial charge in [0.15, 0.2) is 5.78 Å². The van der Waals surface area contributed by atoms with Gasteiger partial charge in [-0.25, -0.2) is 0 Å². The van der Waals surface area contributed by atoms with Gasteiger partial charge in [-0.15, -0.1) is 0 Å². The largest absolute Gasteiger partial charge is 0.302 e. The molecule has 2 rings (SSSR count). The number of hydrazine groups is 1. The summed E-state index contributed by atoms with van der Waals surface area (Å²) in [5, 5.41) is 0. The van der Waals surface area contributed by atoms with Crippen molar-refractivity contribution in [3.05, 3.63) is 46.1 Å². The lowest BCUT2D eigenvalue weighted by molar-refractivity contribution is -0.117. The standard InChI is InChI=1S/C15H17BrN2O2/c1-15(2)8-10(7-11(19)9-15)17-18-14(20)12-5-3-4-6-13(12)16/h3-7,17H,8-9H2,1-2H3,(H,18,20). The van der Waals surface area contributed by atoms with Crippen LogP contribution in [0.25, 0.3) is 0 Å². The van der Waals surface area contributed by atoms with Gasteiger partial charge in [0, 0.05) is 22.7 Å². The molecule has 1 aromatic carbocycles. The van der Waals surface area contributed by atoms with E-state index in [-0.39, 0.29) is 17.1 Å². The summed E-state index contributed by atoms with van der Waals surface area (Å²) in [5.74, 6) is -0.159. The van der Waals surface area contributed by atoms with Crippen LogP contribution < -0.4 is 10.9 Å². The molecular formula is C15H17BrN2O2. The van der Waals surface area contributed by atoms with Crippen LogP contribution in [-0.4, -0.2) is 11.7 Å². The number of hydrogen-bond acceptors (Lipinski definition) is 3. The summed E-state index contributed by atoms with van der Waals surface area (Å²) in [5.41, 5.74) is 6.69. The first-order chi connectivity index (χ1) is 9.37. The van der Waals surface area contributed by atoms with Gasteiger partial charge in [0.25, 0.3) is 5.91 Å². The molecule has 0 spiro atoms. The van der Waals surface area contributed by atoms with E-state index < -0.39 is 0 Å². The highest BCUT2D eigenvalue weighted by atomic mass is 79.9. The topological polar surface area (TPSA) is 58.2 Å². The predicted octanol–water partition coefficient (Wildman–Crippen LogP) is 2.96. The highest BCUT2D eigenvalue weighted by Crippen LogP contribution is 2.32. The molecule has 1 aromatic rings. The third kappa shape index (κ3) is 3.70. The van der Waals surface area contributed by atoms with E-state index in [4.69, 9.17) is 0 Å². The van der Waals surface area contributed by atoms with Crippen molar-refractivity contribution >= 4 is 27.6 Å². The molecule has 0 aliphatic heterocycles. The molecule has 0 aromatic heterocycles. The summed E-state index contributed by atoms with van der Waals surface area (Å²) in [7, 11) is 0. The fourth-order valence-corrected chi connectivity index (χ4v) is 2.74. The molecular weight excluding hydrogens is 320 g/mol. The van der Waals surface area contributed by atoms with Crippen LogP contribution in [-0.2, 0) is 4.79 Å². The van der Waals surface area contributed by atoms with Crippen molar-refractivity contribution in [1.29, 1.82) is 0 Å². The Morgan fingerprint density at radius 3 is 2.60 bits per heavy atom. The van der Waals surface area contributed by atoms with Crippen molar-refractivity contribution in [2.45, 2.75) is 26.7 Å². The summed E-state index contributed by atoms with van der Waals surface area (Å²) < 4.78 is 0.730. The van der Waals surface area contributed by atoms with Crippen LogP contribution in [0.15, 0.2) is 40.5 Å². The number of nitrogens with one attached hydrogen (secondary N) is 2. The van der Waals surface area contributed by atoms with Crippen molar-refractivity contribution in [2.24, 2.45) is 5.41 Å². The van der Waals surface area contributed by atoms with Gasteiger partial charge in [-0.1, -0.05) is 26.0 Å². The summed E-state index contributed by atoms with van der Waals surface area (Å²) in [6.07, 6.45) is 2.83. The first-order valence-electron chi connectivity index (χ1n) is 6.42. The van der Waals surface area contributed by atoms with Crippen molar-refractivity contribution in [2.75, 3.05) is 0 Å². The van der Waals surface area contributed by atoms with Gasteiger partial charge in [-0.2, -0.15) is 0 Å². The number of benzene rings is 1. The van der Waals surface area contributed by atoms with Gasteiger partial charge in [0.05, 0.1) is 5.56 Å². The third-order valence-electron chi connectivity index (χ3n) is 3.11. The number of hydrogen-bond donors (Lipinski definition) is 2. The zero-order valence-electron chi connectivity index (χ0n) is 11.5. The minimum atomic E-state index is -0.241. The SMILES string of the molecule is CC1(C)CC(=O)C=C(NNC(=O)c2ccccc2Br)C1. The van der Waals surface area contributed by atoms with Gasteiger partial charge in [-0.05, 0) is 39.9 Å². The highest BCUT2D eigenvalue weighted by Gasteiger charge is 2.27. The Morgan fingerprint density at radius 1 is 1.25 bits per heavy atom. The van der Waals surface area contributed by atoms with E-state index in [1.54, 1.807) is 24.3 Å². The minimum Gasteiger partial charge on any atom is -0.302 e. The second kappa shape index (κ2) is 5.79. The molecule has 106 valence electrons. The van der Waals surface area contributed by atoms with Crippen molar-refractivity contribution in [3.8, 4) is 0 Å². The van der Waals surface area contributed by atoms with Crippen LogP contribution in [0.4, 0.5) is 0 Å². The Balaban J connectivity index is 2.01. The molecule has 20 heavy (non-hydrogen) atoms. The lowest BCUT2D eigenvalue weighted by Gasteiger charge is -2.29. The van der Waals surface area contributed by atoms with Gasteiger partial charge >= 0.3 is 0 Å². The highest BCUT2D eigenvalue weighted by molar-refractivity contribution is 9.10. The van der Waals surface area contributed by atoms with E-state index in [9.17, 15) is 9.59 Å². The Bertz CT molecular complexity index is 579. The fourth-order valence-electron chi connectivity index (χ4n) is 2.28. The van der Waals surface area contributed by atoms with E-state index in [1.165, 1.54) is 0 Å². The smallest absolute Gasteiger partial charge is 0.270 e. The van der Waals surface area contributed by atoms with Crippen molar-refractivity contribution in [3.63, 3.8) is 0 Å². The van der Waals surface area contributed by atoms with E-state index in [1.807, 2.05) is 19.9 Å². The van der Waals surface area contributed by atoms with E-state index >= 15 is 0 Å². The summed E-state index contributed by atoms with van der Waals surface area (Å²) in [4.78, 5) is 23.7. The van der Waals surface area contributed by atoms with Crippen LogP contribution in [0.1, 0.15) is 37.0 Å². The summed E-state index contributed by atoms with van der Waals surface area (Å²) in [6.45, 7) is 4.07. The van der Waals surface area contributed by atoms with Gasteiger partial charge in [0.2, 0.25) is 0 Å². The third-order valence-corrected chi connectivity index (χ3v) is 3.80. The van der Waals surface area contributed by atoms with Crippen LogP contribution >= 0.6 is 15.9 Å². The fraction of sp³-hybridized carbons (Fsp3) is 0.333. The number of carbonyl (C=O) groups excluding carboxylic acids is 2. The number of halogens is 1. The molecule has 0 radical (unpaired) electrons. The molecule has 4 nitrogen and oxygen atoms in total. The Hall–Kier alpha value is -1.62. The first kappa shape index (κ1) is 14.8. The lowest BCUT2D eigenvalue weighted by atomic mass is 9.79. The molecule has 2 N–H and O–H groups in total. The van der Waals surface area contributed by atoms with E-state index in [0.29, 0.717) is 12.0 Å². The average molecular weight is 337 g/mol. The average Bonchev–Trinajstić information content (AvgIpc) is 2.34. The number of carbonyl (C=O) groups is 2. The van der Waals surface area contributed by atoms with E-state index in [2.05, 4.69) is 26.8 Å². The minimum absolute atomic E-state index is 0.0772. The quantitative estimate of drug-likeness (QED) is 0.834. The molecule has 0 saturated carbocycles. The number of amides is 1. The molecule has 1 amide bonds. The molecule has 0 atom stereocenters. The number of ketones is 1. The van der Waals surface area contributed by atoms with Crippen LogP contribution in [0, 0.1) is 5.41 Å².